The lowest BCUT2D eigenvalue weighted by Crippen LogP contribution is -2.46. The lowest BCUT2D eigenvalue weighted by molar-refractivity contribution is -0.123. The Hall–Kier alpha value is -0.570. The fourth-order valence-corrected chi connectivity index (χ4v) is 2.52. The van der Waals surface area contributed by atoms with Gasteiger partial charge in [-0.15, -0.1) is 0 Å². The van der Waals surface area contributed by atoms with Gasteiger partial charge in [0.1, 0.15) is 0 Å². The second-order valence-corrected chi connectivity index (χ2v) is 5.58. The molecule has 1 saturated carbocycles. The van der Waals surface area contributed by atoms with Crippen molar-refractivity contribution in [2.45, 2.75) is 65.0 Å². The van der Waals surface area contributed by atoms with Crippen LogP contribution in [-0.2, 0) is 4.79 Å². The average Bonchev–Trinajstić information content (AvgIpc) is 2.68. The van der Waals surface area contributed by atoms with Gasteiger partial charge in [-0.3, -0.25) is 4.79 Å². The molecule has 0 aromatic carbocycles. The van der Waals surface area contributed by atoms with E-state index in [0.29, 0.717) is 11.8 Å². The van der Waals surface area contributed by atoms with E-state index in [0.717, 1.165) is 6.42 Å². The normalized spacial score (nSPS) is 21.1. The summed E-state index contributed by atoms with van der Waals surface area (Å²) in [4.78, 5) is 11.8. The Morgan fingerprint density at radius 3 is 2.38 bits per heavy atom. The molecule has 0 spiro atoms. The molecule has 16 heavy (non-hydrogen) atoms. The lowest BCUT2D eigenvalue weighted by atomic mass is 9.98. The Labute approximate surface area is 99.2 Å². The summed E-state index contributed by atoms with van der Waals surface area (Å²) in [6.45, 7) is 6.29. The fourth-order valence-electron chi connectivity index (χ4n) is 2.52. The number of hydrogen-bond acceptors (Lipinski definition) is 2. The monoisotopic (exact) mass is 226 g/mol. The Morgan fingerprint density at radius 1 is 1.31 bits per heavy atom. The maximum atomic E-state index is 11.8. The fraction of sp³-hybridized carbons (Fsp3) is 0.923. The van der Waals surface area contributed by atoms with Crippen LogP contribution in [0.3, 0.4) is 0 Å². The number of hydrogen-bond donors (Lipinski definition) is 2. The quantitative estimate of drug-likeness (QED) is 0.754. The zero-order chi connectivity index (χ0) is 12.1. The second-order valence-electron chi connectivity index (χ2n) is 5.58. The standard InChI is InChI=1S/C13H26N2O/c1-9(2)8-12(14)13(16)15-10(3)11-6-4-5-7-11/h9-12H,4-8,14H2,1-3H3,(H,15,16)/t10-,12?/m0/s1. The minimum Gasteiger partial charge on any atom is -0.352 e. The molecule has 1 amide bonds. The molecule has 0 bridgehead atoms. The molecule has 1 unspecified atom stereocenters. The molecule has 0 heterocycles. The van der Waals surface area contributed by atoms with E-state index < -0.39 is 0 Å². The Kier molecular flexibility index (Phi) is 5.26. The molecule has 1 fully saturated rings. The summed E-state index contributed by atoms with van der Waals surface area (Å²) in [6, 6.07) is -0.0583. The third kappa shape index (κ3) is 4.12. The maximum absolute atomic E-state index is 11.8. The van der Waals surface area contributed by atoms with Crippen LogP contribution in [0.25, 0.3) is 0 Å². The zero-order valence-electron chi connectivity index (χ0n) is 10.8. The number of carbonyl (C=O) groups is 1. The summed E-state index contributed by atoms with van der Waals surface area (Å²) in [5.41, 5.74) is 5.85. The van der Waals surface area contributed by atoms with Crippen LogP contribution in [0.4, 0.5) is 0 Å². The maximum Gasteiger partial charge on any atom is 0.237 e. The highest BCUT2D eigenvalue weighted by Gasteiger charge is 2.24. The Morgan fingerprint density at radius 2 is 1.88 bits per heavy atom. The van der Waals surface area contributed by atoms with E-state index in [1.165, 1.54) is 25.7 Å². The van der Waals surface area contributed by atoms with E-state index in [1.807, 2.05) is 0 Å². The Balaban J connectivity index is 2.31. The van der Waals surface area contributed by atoms with E-state index in [9.17, 15) is 4.79 Å². The molecule has 0 aliphatic heterocycles. The first-order chi connectivity index (χ1) is 7.50. The second kappa shape index (κ2) is 6.24. The van der Waals surface area contributed by atoms with Gasteiger partial charge in [0, 0.05) is 6.04 Å². The third-order valence-electron chi connectivity index (χ3n) is 3.54. The largest absolute Gasteiger partial charge is 0.352 e. The highest BCUT2D eigenvalue weighted by atomic mass is 16.2. The van der Waals surface area contributed by atoms with Crippen LogP contribution in [0.1, 0.15) is 52.9 Å². The lowest BCUT2D eigenvalue weighted by Gasteiger charge is -2.23. The van der Waals surface area contributed by atoms with E-state index in [4.69, 9.17) is 5.73 Å². The topological polar surface area (TPSA) is 55.1 Å². The van der Waals surface area contributed by atoms with Crippen molar-refractivity contribution in [1.29, 1.82) is 0 Å². The molecule has 0 aromatic heterocycles. The van der Waals surface area contributed by atoms with Crippen LogP contribution in [0.5, 0.6) is 0 Å². The molecule has 1 aliphatic rings. The van der Waals surface area contributed by atoms with E-state index in [2.05, 4.69) is 26.1 Å². The van der Waals surface area contributed by atoms with Gasteiger partial charge < -0.3 is 11.1 Å². The van der Waals surface area contributed by atoms with Crippen molar-refractivity contribution >= 4 is 5.91 Å². The van der Waals surface area contributed by atoms with Crippen LogP contribution in [0.2, 0.25) is 0 Å². The number of rotatable bonds is 5. The van der Waals surface area contributed by atoms with Gasteiger partial charge in [-0.1, -0.05) is 26.7 Å². The average molecular weight is 226 g/mol. The van der Waals surface area contributed by atoms with Crippen molar-refractivity contribution in [3.8, 4) is 0 Å². The van der Waals surface area contributed by atoms with Crippen molar-refractivity contribution in [3.63, 3.8) is 0 Å². The molecule has 3 N–H and O–H groups in total. The van der Waals surface area contributed by atoms with Gasteiger partial charge in [0.2, 0.25) is 5.91 Å². The molecule has 0 saturated heterocycles. The van der Waals surface area contributed by atoms with Crippen molar-refractivity contribution < 1.29 is 4.79 Å². The first-order valence-corrected chi connectivity index (χ1v) is 6.56. The van der Waals surface area contributed by atoms with Crippen LogP contribution in [-0.4, -0.2) is 18.0 Å². The van der Waals surface area contributed by atoms with E-state index in [1.54, 1.807) is 0 Å². The number of carbonyl (C=O) groups excluding carboxylic acids is 1. The number of nitrogens with one attached hydrogen (secondary N) is 1. The molecule has 0 aromatic rings. The SMILES string of the molecule is CC(C)CC(N)C(=O)N[C@@H](C)C1CCCC1. The van der Waals surface area contributed by atoms with Gasteiger partial charge in [0.15, 0.2) is 0 Å². The summed E-state index contributed by atoms with van der Waals surface area (Å²) in [7, 11) is 0. The van der Waals surface area contributed by atoms with Gasteiger partial charge in [-0.05, 0) is 38.0 Å². The summed E-state index contributed by atoms with van der Waals surface area (Å²) in [6.07, 6.45) is 5.89. The molecule has 1 aliphatic carbocycles. The molecule has 2 atom stereocenters. The van der Waals surface area contributed by atoms with Gasteiger partial charge in [0.05, 0.1) is 6.04 Å². The number of amides is 1. The minimum atomic E-state index is -0.344. The molecular formula is C13H26N2O. The third-order valence-corrected chi connectivity index (χ3v) is 3.54. The predicted octanol–water partition coefficient (Wildman–Crippen LogP) is 2.05. The molecule has 94 valence electrons. The van der Waals surface area contributed by atoms with Crippen molar-refractivity contribution in [3.05, 3.63) is 0 Å². The first-order valence-electron chi connectivity index (χ1n) is 6.56. The van der Waals surface area contributed by atoms with Gasteiger partial charge in [-0.2, -0.15) is 0 Å². The van der Waals surface area contributed by atoms with Crippen LogP contribution in [0, 0.1) is 11.8 Å². The smallest absolute Gasteiger partial charge is 0.237 e. The summed E-state index contributed by atoms with van der Waals surface area (Å²) in [5, 5.41) is 3.06. The van der Waals surface area contributed by atoms with Crippen LogP contribution >= 0.6 is 0 Å². The van der Waals surface area contributed by atoms with Gasteiger partial charge in [-0.25, -0.2) is 0 Å². The van der Waals surface area contributed by atoms with Crippen LogP contribution in [0.15, 0.2) is 0 Å². The summed E-state index contributed by atoms with van der Waals surface area (Å²) >= 11 is 0. The van der Waals surface area contributed by atoms with Crippen LogP contribution < -0.4 is 11.1 Å². The highest BCUT2D eigenvalue weighted by Crippen LogP contribution is 2.27. The summed E-state index contributed by atoms with van der Waals surface area (Å²) in [5.74, 6) is 1.16. The van der Waals surface area contributed by atoms with Gasteiger partial charge in [0.25, 0.3) is 0 Å². The van der Waals surface area contributed by atoms with Gasteiger partial charge >= 0.3 is 0 Å². The van der Waals surface area contributed by atoms with E-state index in [-0.39, 0.29) is 18.0 Å². The first kappa shape index (κ1) is 13.5. The Bertz CT molecular complexity index is 222. The zero-order valence-corrected chi connectivity index (χ0v) is 10.8. The number of nitrogens with two attached hydrogens (primary N) is 1. The minimum absolute atomic E-state index is 0.0214. The molecular weight excluding hydrogens is 200 g/mol. The van der Waals surface area contributed by atoms with Crippen molar-refractivity contribution in [2.75, 3.05) is 0 Å². The molecule has 0 radical (unpaired) electrons. The van der Waals surface area contributed by atoms with E-state index >= 15 is 0 Å². The molecule has 3 heteroatoms. The summed E-state index contributed by atoms with van der Waals surface area (Å²) < 4.78 is 0. The van der Waals surface area contributed by atoms with Crippen molar-refractivity contribution in [2.24, 2.45) is 17.6 Å². The van der Waals surface area contributed by atoms with Crippen molar-refractivity contribution in [1.82, 2.24) is 5.32 Å². The predicted molar refractivity (Wildman–Crippen MR) is 67.0 cm³/mol. The highest BCUT2D eigenvalue weighted by molar-refractivity contribution is 5.81. The molecule has 3 nitrogen and oxygen atoms in total. The molecule has 1 rings (SSSR count).